The van der Waals surface area contributed by atoms with E-state index in [-0.39, 0.29) is 12.3 Å². The van der Waals surface area contributed by atoms with E-state index in [1.165, 1.54) is 7.11 Å². The van der Waals surface area contributed by atoms with Crippen LogP contribution in [0.2, 0.25) is 0 Å². The highest BCUT2D eigenvalue weighted by Crippen LogP contribution is 2.31. The second kappa shape index (κ2) is 4.72. The van der Waals surface area contributed by atoms with Crippen molar-refractivity contribution in [3.63, 3.8) is 0 Å². The molecule has 0 spiro atoms. The normalized spacial score (nSPS) is 19.2. The number of hydrogen-bond acceptors (Lipinski definition) is 5. The molecular formula is C10H16O5. The van der Waals surface area contributed by atoms with Crippen molar-refractivity contribution in [2.24, 2.45) is 5.92 Å². The fourth-order valence-electron chi connectivity index (χ4n) is 1.52. The van der Waals surface area contributed by atoms with Crippen molar-refractivity contribution in [3.05, 3.63) is 0 Å². The van der Waals surface area contributed by atoms with Gasteiger partial charge in [0.1, 0.15) is 0 Å². The molecule has 1 rings (SSSR count). The fraction of sp³-hybridized carbons (Fsp3) is 0.800. The van der Waals surface area contributed by atoms with Crippen LogP contribution < -0.4 is 0 Å². The Balaban J connectivity index is 2.67. The van der Waals surface area contributed by atoms with E-state index in [0.29, 0.717) is 13.2 Å². The summed E-state index contributed by atoms with van der Waals surface area (Å²) in [6, 6.07) is 0. The molecular weight excluding hydrogens is 200 g/mol. The standard InChI is InChI=1S/C10H16O5/c1-7(2)10(14-4-5-15-10)6-8(11)9(12)13-3/h7H,4-6H2,1-3H3. The third-order valence-corrected chi connectivity index (χ3v) is 2.48. The first-order chi connectivity index (χ1) is 7.02. The van der Waals surface area contributed by atoms with Crippen LogP contribution in [0.25, 0.3) is 0 Å². The molecule has 15 heavy (non-hydrogen) atoms. The summed E-state index contributed by atoms with van der Waals surface area (Å²) in [5, 5.41) is 0. The lowest BCUT2D eigenvalue weighted by molar-refractivity contribution is -0.195. The Morgan fingerprint density at radius 3 is 2.27 bits per heavy atom. The molecule has 0 saturated carbocycles. The monoisotopic (exact) mass is 216 g/mol. The molecule has 0 bridgehead atoms. The minimum Gasteiger partial charge on any atom is -0.463 e. The Hall–Kier alpha value is -0.940. The van der Waals surface area contributed by atoms with Gasteiger partial charge < -0.3 is 14.2 Å². The number of hydrogen-bond donors (Lipinski definition) is 0. The van der Waals surface area contributed by atoms with Gasteiger partial charge in [-0.1, -0.05) is 13.8 Å². The highest BCUT2D eigenvalue weighted by atomic mass is 16.7. The summed E-state index contributed by atoms with van der Waals surface area (Å²) >= 11 is 0. The first kappa shape index (κ1) is 12.1. The van der Waals surface area contributed by atoms with Gasteiger partial charge in [-0.3, -0.25) is 4.79 Å². The second-order valence-electron chi connectivity index (χ2n) is 3.75. The summed E-state index contributed by atoms with van der Waals surface area (Å²) < 4.78 is 15.2. The van der Waals surface area contributed by atoms with Gasteiger partial charge in [-0.25, -0.2) is 4.79 Å². The van der Waals surface area contributed by atoms with Crippen molar-refractivity contribution >= 4 is 11.8 Å². The van der Waals surface area contributed by atoms with Gasteiger partial charge in [0.15, 0.2) is 5.79 Å². The molecule has 0 aromatic carbocycles. The van der Waals surface area contributed by atoms with Gasteiger partial charge in [0.2, 0.25) is 5.78 Å². The molecule has 0 unspecified atom stereocenters. The van der Waals surface area contributed by atoms with Crippen molar-refractivity contribution in [1.82, 2.24) is 0 Å². The van der Waals surface area contributed by atoms with Crippen LogP contribution in [0.15, 0.2) is 0 Å². The quantitative estimate of drug-likeness (QED) is 0.506. The smallest absolute Gasteiger partial charge is 0.374 e. The van der Waals surface area contributed by atoms with Crippen molar-refractivity contribution in [1.29, 1.82) is 0 Å². The number of Topliss-reactive ketones (excluding diaryl/α,β-unsaturated/α-hetero) is 1. The maximum atomic E-state index is 11.4. The zero-order chi connectivity index (χ0) is 11.5. The molecule has 0 atom stereocenters. The van der Waals surface area contributed by atoms with Gasteiger partial charge in [-0.2, -0.15) is 0 Å². The van der Waals surface area contributed by atoms with Crippen molar-refractivity contribution in [2.75, 3.05) is 20.3 Å². The molecule has 0 aliphatic carbocycles. The number of ketones is 1. The topological polar surface area (TPSA) is 61.8 Å². The molecule has 1 heterocycles. The largest absolute Gasteiger partial charge is 0.463 e. The molecule has 86 valence electrons. The Bertz CT molecular complexity index is 253. The first-order valence-corrected chi connectivity index (χ1v) is 4.91. The molecule has 1 aliphatic heterocycles. The summed E-state index contributed by atoms with van der Waals surface area (Å²) in [6.45, 7) is 4.67. The number of carbonyl (C=O) groups excluding carboxylic acids is 2. The van der Waals surface area contributed by atoms with Gasteiger partial charge in [0, 0.05) is 5.92 Å². The van der Waals surface area contributed by atoms with Crippen molar-refractivity contribution in [3.8, 4) is 0 Å². The van der Waals surface area contributed by atoms with Crippen LogP contribution in [0.5, 0.6) is 0 Å². The Labute approximate surface area is 88.7 Å². The molecule has 0 aromatic rings. The molecule has 1 fully saturated rings. The van der Waals surface area contributed by atoms with E-state index in [9.17, 15) is 9.59 Å². The van der Waals surface area contributed by atoms with E-state index in [1.807, 2.05) is 13.8 Å². The van der Waals surface area contributed by atoms with Crippen LogP contribution in [0.1, 0.15) is 20.3 Å². The highest BCUT2D eigenvalue weighted by Gasteiger charge is 2.43. The van der Waals surface area contributed by atoms with Crippen LogP contribution in [-0.2, 0) is 23.8 Å². The maximum absolute atomic E-state index is 11.4. The molecule has 0 aromatic heterocycles. The number of rotatable bonds is 4. The SMILES string of the molecule is COC(=O)C(=O)CC1(C(C)C)OCCO1. The average molecular weight is 216 g/mol. The Morgan fingerprint density at radius 1 is 1.33 bits per heavy atom. The van der Waals surface area contributed by atoms with Gasteiger partial charge in [-0.15, -0.1) is 0 Å². The zero-order valence-corrected chi connectivity index (χ0v) is 9.24. The van der Waals surface area contributed by atoms with E-state index in [0.717, 1.165) is 0 Å². The molecule has 0 radical (unpaired) electrons. The molecule has 5 nitrogen and oxygen atoms in total. The van der Waals surface area contributed by atoms with Gasteiger partial charge in [0.25, 0.3) is 0 Å². The zero-order valence-electron chi connectivity index (χ0n) is 9.24. The van der Waals surface area contributed by atoms with Crippen molar-refractivity contribution < 1.29 is 23.8 Å². The Morgan fingerprint density at radius 2 is 1.87 bits per heavy atom. The van der Waals surface area contributed by atoms with Crippen molar-refractivity contribution in [2.45, 2.75) is 26.1 Å². The second-order valence-corrected chi connectivity index (χ2v) is 3.75. The van der Waals surface area contributed by atoms with E-state index in [2.05, 4.69) is 4.74 Å². The summed E-state index contributed by atoms with van der Waals surface area (Å²) in [5.41, 5.74) is 0. The summed E-state index contributed by atoms with van der Waals surface area (Å²) in [6.07, 6.45) is -0.0860. The van der Waals surface area contributed by atoms with Gasteiger partial charge >= 0.3 is 5.97 Å². The lowest BCUT2D eigenvalue weighted by atomic mass is 9.97. The number of methoxy groups -OCH3 is 1. The van der Waals surface area contributed by atoms with E-state index < -0.39 is 17.5 Å². The summed E-state index contributed by atoms with van der Waals surface area (Å²) in [4.78, 5) is 22.4. The predicted octanol–water partition coefficient (Wildman–Crippen LogP) is 0.518. The summed E-state index contributed by atoms with van der Waals surface area (Å²) in [5.74, 6) is -2.42. The van der Waals surface area contributed by atoms with Crippen LogP contribution >= 0.6 is 0 Å². The molecule has 0 amide bonds. The average Bonchev–Trinajstić information content (AvgIpc) is 2.66. The molecule has 1 saturated heterocycles. The minimum atomic E-state index is -0.953. The fourth-order valence-corrected chi connectivity index (χ4v) is 1.52. The molecule has 1 aliphatic rings. The number of carbonyl (C=O) groups is 2. The van der Waals surface area contributed by atoms with Gasteiger partial charge in [0.05, 0.1) is 26.7 Å². The summed E-state index contributed by atoms with van der Waals surface area (Å²) in [7, 11) is 1.18. The van der Waals surface area contributed by atoms with E-state index >= 15 is 0 Å². The number of esters is 1. The van der Waals surface area contributed by atoms with Crippen LogP contribution in [0, 0.1) is 5.92 Å². The third-order valence-electron chi connectivity index (χ3n) is 2.48. The number of ether oxygens (including phenoxy) is 3. The predicted molar refractivity (Wildman–Crippen MR) is 51.1 cm³/mol. The minimum absolute atomic E-state index is 0.00797. The molecule has 0 N–H and O–H groups in total. The van der Waals surface area contributed by atoms with E-state index in [1.54, 1.807) is 0 Å². The lowest BCUT2D eigenvalue weighted by Crippen LogP contribution is -2.40. The van der Waals surface area contributed by atoms with Gasteiger partial charge in [-0.05, 0) is 0 Å². The van der Waals surface area contributed by atoms with E-state index in [4.69, 9.17) is 9.47 Å². The molecule has 5 heteroatoms. The van der Waals surface area contributed by atoms with Crippen LogP contribution in [0.3, 0.4) is 0 Å². The lowest BCUT2D eigenvalue weighted by Gasteiger charge is -2.30. The Kier molecular flexibility index (Phi) is 3.82. The highest BCUT2D eigenvalue weighted by molar-refractivity contribution is 6.33. The first-order valence-electron chi connectivity index (χ1n) is 4.91. The maximum Gasteiger partial charge on any atom is 0.374 e. The third kappa shape index (κ3) is 2.54. The van der Waals surface area contributed by atoms with Crippen LogP contribution in [-0.4, -0.2) is 37.9 Å². The van der Waals surface area contributed by atoms with Crippen LogP contribution in [0.4, 0.5) is 0 Å².